The van der Waals surface area contributed by atoms with Crippen LogP contribution in [0.1, 0.15) is 20.8 Å². The summed E-state index contributed by atoms with van der Waals surface area (Å²) >= 11 is 13.4. The maximum absolute atomic E-state index is 12.5. The molecule has 5 nitrogen and oxygen atoms in total. The Hall–Kier alpha value is -1.93. The second-order valence-corrected chi connectivity index (χ2v) is 9.71. The molecule has 3 aromatic rings. The Bertz CT molecular complexity index is 1110. The minimum absolute atomic E-state index is 0.0211. The second-order valence-electron chi connectivity index (χ2n) is 5.77. The van der Waals surface area contributed by atoms with E-state index in [1.54, 1.807) is 30.5 Å². The van der Waals surface area contributed by atoms with E-state index in [0.29, 0.717) is 21.6 Å². The molecule has 2 aromatic carbocycles. The van der Waals surface area contributed by atoms with E-state index >= 15 is 0 Å². The Balaban J connectivity index is 1.78. The van der Waals surface area contributed by atoms with Crippen LogP contribution in [0.15, 0.2) is 53.6 Å². The van der Waals surface area contributed by atoms with Crippen LogP contribution in [0.25, 0.3) is 0 Å². The molecule has 0 aliphatic rings. The molecule has 9 heteroatoms. The highest BCUT2D eigenvalue weighted by atomic mass is 35.5. The van der Waals surface area contributed by atoms with Crippen molar-refractivity contribution in [3.63, 3.8) is 0 Å². The largest absolute Gasteiger partial charge is 0.298 e. The van der Waals surface area contributed by atoms with E-state index in [0.717, 1.165) is 16.7 Å². The third-order valence-corrected chi connectivity index (χ3v) is 6.34. The number of aromatic nitrogens is 1. The summed E-state index contributed by atoms with van der Waals surface area (Å²) in [5, 5.41) is 4.15. The van der Waals surface area contributed by atoms with Gasteiger partial charge in [-0.2, -0.15) is 0 Å². The number of halogens is 2. The molecule has 0 atom stereocenters. The zero-order valence-electron chi connectivity index (χ0n) is 14.1. The molecule has 27 heavy (non-hydrogen) atoms. The quantitative estimate of drug-likeness (QED) is 0.623. The van der Waals surface area contributed by atoms with Gasteiger partial charge >= 0.3 is 0 Å². The number of nitrogens with zero attached hydrogens (tertiary/aromatic N) is 1. The van der Waals surface area contributed by atoms with Gasteiger partial charge in [0, 0.05) is 33.8 Å². The fourth-order valence-electron chi connectivity index (χ4n) is 2.44. The Morgan fingerprint density at radius 3 is 2.63 bits per heavy atom. The third kappa shape index (κ3) is 4.87. The molecule has 0 fully saturated rings. The van der Waals surface area contributed by atoms with Crippen molar-refractivity contribution >= 4 is 55.4 Å². The van der Waals surface area contributed by atoms with E-state index < -0.39 is 15.7 Å². The van der Waals surface area contributed by atoms with Crippen LogP contribution in [0.5, 0.6) is 0 Å². The number of benzene rings is 2. The molecule has 3 rings (SSSR count). The molecule has 0 aliphatic heterocycles. The standard InChI is InChI=1S/C18H14Cl2N2O3S2/c1-27(24,25)16-5-3-2-4-14(16)17(23)22-18-21-10-13(26-18)8-11-6-7-12(19)9-15(11)20/h2-7,9-10H,8H2,1H3,(H,21,22,23). The summed E-state index contributed by atoms with van der Waals surface area (Å²) in [6.07, 6.45) is 3.26. The average molecular weight is 441 g/mol. The minimum Gasteiger partial charge on any atom is -0.298 e. The number of rotatable bonds is 5. The van der Waals surface area contributed by atoms with Gasteiger partial charge in [0.2, 0.25) is 0 Å². The first kappa shape index (κ1) is 19.8. The summed E-state index contributed by atoms with van der Waals surface area (Å²) in [6.45, 7) is 0. The number of hydrogen-bond acceptors (Lipinski definition) is 5. The van der Waals surface area contributed by atoms with Gasteiger partial charge in [-0.1, -0.05) is 41.4 Å². The number of carbonyl (C=O) groups excluding carboxylic acids is 1. The van der Waals surface area contributed by atoms with Gasteiger partial charge in [-0.3, -0.25) is 10.1 Å². The van der Waals surface area contributed by atoms with Crippen molar-refractivity contribution in [1.29, 1.82) is 0 Å². The molecule has 1 amide bonds. The first-order chi connectivity index (χ1) is 12.7. The van der Waals surface area contributed by atoms with Gasteiger partial charge in [0.05, 0.1) is 10.5 Å². The highest BCUT2D eigenvalue weighted by Gasteiger charge is 2.19. The molecular weight excluding hydrogens is 427 g/mol. The van der Waals surface area contributed by atoms with Gasteiger partial charge in [0.15, 0.2) is 15.0 Å². The monoisotopic (exact) mass is 440 g/mol. The third-order valence-electron chi connectivity index (χ3n) is 3.68. The van der Waals surface area contributed by atoms with Crippen molar-refractivity contribution in [2.24, 2.45) is 0 Å². The second kappa shape index (κ2) is 7.98. The predicted molar refractivity (Wildman–Crippen MR) is 109 cm³/mol. The zero-order chi connectivity index (χ0) is 19.6. The maximum Gasteiger partial charge on any atom is 0.258 e. The minimum atomic E-state index is -3.52. The SMILES string of the molecule is CS(=O)(=O)c1ccccc1C(=O)Nc1ncc(Cc2ccc(Cl)cc2Cl)s1. The molecule has 0 unspecified atom stereocenters. The van der Waals surface area contributed by atoms with Crippen molar-refractivity contribution < 1.29 is 13.2 Å². The normalized spacial score (nSPS) is 11.4. The van der Waals surface area contributed by atoms with Crippen LogP contribution >= 0.6 is 34.5 Å². The molecule has 140 valence electrons. The van der Waals surface area contributed by atoms with Crippen molar-refractivity contribution in [1.82, 2.24) is 4.98 Å². The first-order valence-electron chi connectivity index (χ1n) is 7.73. The summed E-state index contributed by atoms with van der Waals surface area (Å²) in [5.74, 6) is -0.526. The lowest BCUT2D eigenvalue weighted by molar-refractivity contribution is 0.102. The Labute approximate surface area is 170 Å². The van der Waals surface area contributed by atoms with E-state index in [1.165, 1.54) is 23.5 Å². The van der Waals surface area contributed by atoms with E-state index in [1.807, 2.05) is 6.07 Å². The number of thiazole rings is 1. The van der Waals surface area contributed by atoms with Crippen molar-refractivity contribution in [2.45, 2.75) is 11.3 Å². The van der Waals surface area contributed by atoms with Gasteiger partial charge < -0.3 is 0 Å². The zero-order valence-corrected chi connectivity index (χ0v) is 17.2. The van der Waals surface area contributed by atoms with Gasteiger partial charge in [-0.25, -0.2) is 13.4 Å². The Kier molecular flexibility index (Phi) is 5.86. The van der Waals surface area contributed by atoms with Crippen LogP contribution in [0.3, 0.4) is 0 Å². The van der Waals surface area contributed by atoms with Gasteiger partial charge in [0.25, 0.3) is 5.91 Å². The molecule has 0 spiro atoms. The van der Waals surface area contributed by atoms with Crippen molar-refractivity contribution in [3.05, 3.63) is 74.7 Å². The number of carbonyl (C=O) groups is 1. The van der Waals surface area contributed by atoms with Crippen LogP contribution in [-0.4, -0.2) is 25.6 Å². The molecule has 0 saturated carbocycles. The first-order valence-corrected chi connectivity index (χ1v) is 11.2. The van der Waals surface area contributed by atoms with Crippen LogP contribution in [0.4, 0.5) is 5.13 Å². The molecule has 1 aromatic heterocycles. The molecule has 1 heterocycles. The summed E-state index contributed by atoms with van der Waals surface area (Å²) < 4.78 is 23.7. The van der Waals surface area contributed by atoms with E-state index in [-0.39, 0.29) is 10.5 Å². The fraction of sp³-hybridized carbons (Fsp3) is 0.111. The lowest BCUT2D eigenvalue weighted by atomic mass is 10.1. The maximum atomic E-state index is 12.5. The summed E-state index contributed by atoms with van der Waals surface area (Å²) in [6, 6.07) is 11.3. The molecule has 0 aliphatic carbocycles. The molecular formula is C18H14Cl2N2O3S2. The number of hydrogen-bond donors (Lipinski definition) is 1. The van der Waals surface area contributed by atoms with Crippen molar-refractivity contribution in [3.8, 4) is 0 Å². The van der Waals surface area contributed by atoms with Gasteiger partial charge in [-0.05, 0) is 29.8 Å². The van der Waals surface area contributed by atoms with E-state index in [4.69, 9.17) is 23.2 Å². The smallest absolute Gasteiger partial charge is 0.258 e. The fourth-order valence-corrected chi connectivity index (χ4v) is 4.63. The molecule has 0 saturated heterocycles. The summed E-state index contributed by atoms with van der Waals surface area (Å²) in [5.41, 5.74) is 0.975. The van der Waals surface area contributed by atoms with Crippen LogP contribution in [0.2, 0.25) is 10.0 Å². The summed E-state index contributed by atoms with van der Waals surface area (Å²) in [7, 11) is -3.52. The van der Waals surface area contributed by atoms with Crippen LogP contribution in [0, 0.1) is 0 Å². The number of nitrogens with one attached hydrogen (secondary N) is 1. The predicted octanol–water partition coefficient (Wildman–Crippen LogP) is 4.70. The number of sulfone groups is 1. The number of amides is 1. The highest BCUT2D eigenvalue weighted by molar-refractivity contribution is 7.90. The van der Waals surface area contributed by atoms with Gasteiger partial charge in [0.1, 0.15) is 0 Å². The van der Waals surface area contributed by atoms with E-state index in [2.05, 4.69) is 10.3 Å². The summed E-state index contributed by atoms with van der Waals surface area (Å²) in [4.78, 5) is 17.6. The van der Waals surface area contributed by atoms with Crippen LogP contribution < -0.4 is 5.32 Å². The topological polar surface area (TPSA) is 76.1 Å². The van der Waals surface area contributed by atoms with Crippen molar-refractivity contribution in [2.75, 3.05) is 11.6 Å². The number of anilines is 1. The van der Waals surface area contributed by atoms with Gasteiger partial charge in [-0.15, -0.1) is 11.3 Å². The lowest BCUT2D eigenvalue weighted by Crippen LogP contribution is -2.15. The Morgan fingerprint density at radius 1 is 1.19 bits per heavy atom. The average Bonchev–Trinajstić information content (AvgIpc) is 3.03. The molecule has 1 N–H and O–H groups in total. The molecule has 0 bridgehead atoms. The van der Waals surface area contributed by atoms with Crippen LogP contribution in [-0.2, 0) is 16.3 Å². The Morgan fingerprint density at radius 2 is 1.93 bits per heavy atom. The molecule has 0 radical (unpaired) electrons. The van der Waals surface area contributed by atoms with E-state index in [9.17, 15) is 13.2 Å². The lowest BCUT2D eigenvalue weighted by Gasteiger charge is -2.07. The highest BCUT2D eigenvalue weighted by Crippen LogP contribution is 2.27.